The summed E-state index contributed by atoms with van der Waals surface area (Å²) < 4.78 is 32.5. The summed E-state index contributed by atoms with van der Waals surface area (Å²) in [5.74, 6) is -0.612. The van der Waals surface area contributed by atoms with Crippen LogP contribution >= 0.6 is 11.3 Å². The summed E-state index contributed by atoms with van der Waals surface area (Å²) in [5.41, 5.74) is 5.93. The number of hydrogen-bond acceptors (Lipinski definition) is 8. The number of carbonyl (C=O) groups excluding carboxylic acids is 2. The summed E-state index contributed by atoms with van der Waals surface area (Å²) in [6.07, 6.45) is 0.575. The molecule has 12 heteroatoms. The minimum absolute atomic E-state index is 0.110. The summed E-state index contributed by atoms with van der Waals surface area (Å²) in [6.45, 7) is 6.48. The highest BCUT2D eigenvalue weighted by Gasteiger charge is 2.33. The molecule has 1 saturated heterocycles. The first-order valence-corrected chi connectivity index (χ1v) is 11.8. The fraction of sp³-hybridized carbons (Fsp3) is 0.500. The summed E-state index contributed by atoms with van der Waals surface area (Å²) >= 11 is 1.23. The van der Waals surface area contributed by atoms with Gasteiger partial charge in [-0.1, -0.05) is 5.16 Å². The van der Waals surface area contributed by atoms with Crippen LogP contribution in [0.15, 0.2) is 20.9 Å². The third kappa shape index (κ3) is 4.41. The molecule has 0 aliphatic carbocycles. The molecule has 3 N–H and O–H groups in total. The standard InChI is InChI=1S/C18H25N5O5S2/c1-11-15(13(3)28-21-11)30(26,27)23-7-4-6-22(8-9-23)12(2)17(25)20-18-14(16(19)24)5-10-29-18/h5,10,12H,4,6-9H2,1-3H3,(H2,19,24)(H,20,25)/t12-/m1/s1. The molecule has 1 atom stereocenters. The number of rotatable bonds is 6. The Hall–Kier alpha value is -2.28. The van der Waals surface area contributed by atoms with Crippen LogP contribution in [0.2, 0.25) is 0 Å². The van der Waals surface area contributed by atoms with Crippen molar-refractivity contribution in [2.75, 3.05) is 31.5 Å². The zero-order chi connectivity index (χ0) is 22.1. The Morgan fingerprint density at radius 2 is 2.00 bits per heavy atom. The number of carbonyl (C=O) groups is 2. The number of hydrogen-bond donors (Lipinski definition) is 2. The number of anilines is 1. The first-order chi connectivity index (χ1) is 14.1. The third-order valence-corrected chi connectivity index (χ3v) is 8.12. The molecule has 2 aromatic rings. The van der Waals surface area contributed by atoms with Gasteiger partial charge >= 0.3 is 0 Å². The van der Waals surface area contributed by atoms with Crippen molar-refractivity contribution in [3.8, 4) is 0 Å². The van der Waals surface area contributed by atoms with Gasteiger partial charge in [0.15, 0.2) is 5.76 Å². The van der Waals surface area contributed by atoms with E-state index >= 15 is 0 Å². The van der Waals surface area contributed by atoms with Crippen molar-refractivity contribution >= 4 is 38.2 Å². The molecule has 0 radical (unpaired) electrons. The van der Waals surface area contributed by atoms with Crippen LogP contribution in [0.25, 0.3) is 0 Å². The molecule has 0 bridgehead atoms. The first-order valence-electron chi connectivity index (χ1n) is 9.48. The molecule has 164 valence electrons. The number of thiophene rings is 1. The fourth-order valence-corrected chi connectivity index (χ4v) is 6.05. The Kier molecular flexibility index (Phi) is 6.60. The topological polar surface area (TPSA) is 139 Å². The van der Waals surface area contributed by atoms with Gasteiger partial charge in [0.2, 0.25) is 15.9 Å². The molecule has 0 unspecified atom stereocenters. The fourth-order valence-electron chi connectivity index (χ4n) is 3.50. The Balaban J connectivity index is 1.68. The molecule has 1 aliphatic heterocycles. The highest BCUT2D eigenvalue weighted by molar-refractivity contribution is 7.89. The van der Waals surface area contributed by atoms with Crippen LogP contribution in [-0.4, -0.2) is 66.8 Å². The molecule has 3 heterocycles. The van der Waals surface area contributed by atoms with Gasteiger partial charge in [-0.2, -0.15) is 4.31 Å². The van der Waals surface area contributed by atoms with E-state index in [-0.39, 0.29) is 28.7 Å². The molecule has 30 heavy (non-hydrogen) atoms. The highest BCUT2D eigenvalue weighted by Crippen LogP contribution is 2.25. The van der Waals surface area contributed by atoms with E-state index in [1.54, 1.807) is 32.2 Å². The van der Waals surface area contributed by atoms with E-state index in [1.807, 2.05) is 4.90 Å². The lowest BCUT2D eigenvalue weighted by Crippen LogP contribution is -2.44. The van der Waals surface area contributed by atoms with Crippen molar-refractivity contribution in [2.45, 2.75) is 38.1 Å². The van der Waals surface area contributed by atoms with Gasteiger partial charge < -0.3 is 15.6 Å². The number of aromatic nitrogens is 1. The summed E-state index contributed by atoms with van der Waals surface area (Å²) in [6, 6.07) is 1.06. The maximum Gasteiger partial charge on any atom is 0.251 e. The highest BCUT2D eigenvalue weighted by atomic mass is 32.2. The van der Waals surface area contributed by atoms with E-state index in [4.69, 9.17) is 10.3 Å². The first kappa shape index (κ1) is 22.4. The van der Waals surface area contributed by atoms with Crippen LogP contribution in [0.1, 0.15) is 35.2 Å². The zero-order valence-electron chi connectivity index (χ0n) is 17.0. The molecule has 1 fully saturated rings. The molecule has 2 aromatic heterocycles. The lowest BCUT2D eigenvalue weighted by Gasteiger charge is -2.26. The molecule has 0 spiro atoms. The van der Waals surface area contributed by atoms with Crippen molar-refractivity contribution in [3.63, 3.8) is 0 Å². The Labute approximate surface area is 179 Å². The maximum atomic E-state index is 13.1. The monoisotopic (exact) mass is 455 g/mol. The van der Waals surface area contributed by atoms with Crippen LogP contribution in [0, 0.1) is 13.8 Å². The molecular formula is C18H25N5O5S2. The lowest BCUT2D eigenvalue weighted by atomic mass is 10.2. The molecule has 3 rings (SSSR count). The predicted octanol–water partition coefficient (Wildman–Crippen LogP) is 1.18. The minimum atomic E-state index is -3.73. The quantitative estimate of drug-likeness (QED) is 0.667. The van der Waals surface area contributed by atoms with Gasteiger partial charge in [-0.25, -0.2) is 8.42 Å². The van der Waals surface area contributed by atoms with Crippen molar-refractivity contribution in [1.29, 1.82) is 0 Å². The van der Waals surface area contributed by atoms with E-state index < -0.39 is 22.0 Å². The van der Waals surface area contributed by atoms with Crippen molar-refractivity contribution in [3.05, 3.63) is 28.5 Å². The van der Waals surface area contributed by atoms with Crippen LogP contribution in [0.5, 0.6) is 0 Å². The van der Waals surface area contributed by atoms with Gasteiger partial charge in [0.25, 0.3) is 5.91 Å². The van der Waals surface area contributed by atoms with E-state index in [1.165, 1.54) is 15.6 Å². The summed E-state index contributed by atoms with van der Waals surface area (Å²) in [4.78, 5) is 26.2. The van der Waals surface area contributed by atoms with Gasteiger partial charge in [0.1, 0.15) is 15.6 Å². The van der Waals surface area contributed by atoms with E-state index in [0.29, 0.717) is 36.8 Å². The third-order valence-electron chi connectivity index (χ3n) is 5.15. The SMILES string of the molecule is Cc1noc(C)c1S(=O)(=O)N1CCCN([C@H](C)C(=O)Nc2sccc2C(N)=O)CC1. The Morgan fingerprint density at radius 1 is 1.27 bits per heavy atom. The lowest BCUT2D eigenvalue weighted by molar-refractivity contribution is -0.120. The van der Waals surface area contributed by atoms with E-state index in [9.17, 15) is 18.0 Å². The van der Waals surface area contributed by atoms with Crippen LogP contribution in [0.3, 0.4) is 0 Å². The van der Waals surface area contributed by atoms with Crippen molar-refractivity contribution in [1.82, 2.24) is 14.4 Å². The largest absolute Gasteiger partial charge is 0.366 e. The van der Waals surface area contributed by atoms with Crippen LogP contribution in [-0.2, 0) is 14.8 Å². The van der Waals surface area contributed by atoms with Gasteiger partial charge in [-0.3, -0.25) is 14.5 Å². The number of amides is 2. The van der Waals surface area contributed by atoms with Crippen LogP contribution < -0.4 is 11.1 Å². The number of primary amides is 1. The second kappa shape index (κ2) is 8.84. The molecule has 0 saturated carbocycles. The van der Waals surface area contributed by atoms with Crippen molar-refractivity contribution < 1.29 is 22.5 Å². The van der Waals surface area contributed by atoms with E-state index in [2.05, 4.69) is 10.5 Å². The average molecular weight is 456 g/mol. The molecule has 10 nitrogen and oxygen atoms in total. The number of sulfonamides is 1. The Bertz CT molecular complexity index is 1030. The zero-order valence-corrected chi connectivity index (χ0v) is 18.7. The number of nitrogens with zero attached hydrogens (tertiary/aromatic N) is 3. The number of nitrogens with one attached hydrogen (secondary N) is 1. The Morgan fingerprint density at radius 3 is 2.63 bits per heavy atom. The predicted molar refractivity (Wildman–Crippen MR) is 112 cm³/mol. The second-order valence-electron chi connectivity index (χ2n) is 7.14. The summed E-state index contributed by atoms with van der Waals surface area (Å²) in [5, 5.41) is 8.60. The molecular weight excluding hydrogens is 430 g/mol. The molecule has 2 amide bonds. The van der Waals surface area contributed by atoms with Crippen LogP contribution in [0.4, 0.5) is 5.00 Å². The summed E-state index contributed by atoms with van der Waals surface area (Å²) in [7, 11) is -3.73. The average Bonchev–Trinajstić information content (AvgIpc) is 3.18. The van der Waals surface area contributed by atoms with Gasteiger partial charge in [0, 0.05) is 26.2 Å². The van der Waals surface area contributed by atoms with Gasteiger partial charge in [-0.15, -0.1) is 11.3 Å². The molecule has 1 aliphatic rings. The van der Waals surface area contributed by atoms with E-state index in [0.717, 1.165) is 0 Å². The molecule has 0 aromatic carbocycles. The number of nitrogens with two attached hydrogens (primary N) is 1. The maximum absolute atomic E-state index is 13.1. The minimum Gasteiger partial charge on any atom is -0.366 e. The normalized spacial score (nSPS) is 17.4. The van der Waals surface area contributed by atoms with Crippen molar-refractivity contribution in [2.24, 2.45) is 5.73 Å². The van der Waals surface area contributed by atoms with Gasteiger partial charge in [0.05, 0.1) is 11.6 Å². The number of aryl methyl sites for hydroxylation is 2. The van der Waals surface area contributed by atoms with Gasteiger partial charge in [-0.05, 0) is 38.6 Å². The smallest absolute Gasteiger partial charge is 0.251 e. The second-order valence-corrected chi connectivity index (χ2v) is 9.93.